The van der Waals surface area contributed by atoms with Gasteiger partial charge in [0.15, 0.2) is 0 Å². The van der Waals surface area contributed by atoms with E-state index in [9.17, 15) is 18.0 Å². The molecule has 0 N–H and O–H groups in total. The summed E-state index contributed by atoms with van der Waals surface area (Å²) in [6, 6.07) is 3.79. The minimum atomic E-state index is -4.46. The van der Waals surface area contributed by atoms with E-state index in [1.807, 2.05) is 0 Å². The molecule has 1 saturated heterocycles. The molecule has 0 unspecified atom stereocenters. The number of anilines is 1. The van der Waals surface area contributed by atoms with Gasteiger partial charge < -0.3 is 4.90 Å². The number of rotatable bonds is 2. The summed E-state index contributed by atoms with van der Waals surface area (Å²) in [5.74, 6) is 0.791. The Morgan fingerprint density at radius 1 is 1.29 bits per heavy atom. The van der Waals surface area contributed by atoms with Crippen LogP contribution < -0.4 is 4.90 Å². The summed E-state index contributed by atoms with van der Waals surface area (Å²) in [5, 5.41) is 0. The minimum Gasteiger partial charge on any atom is -0.370 e. The van der Waals surface area contributed by atoms with Crippen LogP contribution in [0.4, 0.5) is 18.9 Å². The van der Waals surface area contributed by atoms with Gasteiger partial charge in [0.1, 0.15) is 6.29 Å². The highest BCUT2D eigenvalue weighted by atomic mass is 32.2. The highest BCUT2D eigenvalue weighted by molar-refractivity contribution is 8.00. The molecule has 0 aliphatic carbocycles. The molecule has 116 valence electrons. The number of hydrogen-bond donors (Lipinski definition) is 0. The Morgan fingerprint density at radius 2 is 2.00 bits per heavy atom. The molecule has 0 spiro atoms. The van der Waals surface area contributed by atoms with E-state index in [0.29, 0.717) is 19.4 Å². The number of alkyl halides is 3. The van der Waals surface area contributed by atoms with Crippen LogP contribution in [0.1, 0.15) is 36.2 Å². The van der Waals surface area contributed by atoms with Crippen LogP contribution >= 0.6 is 11.8 Å². The monoisotopic (exact) mass is 317 g/mol. The predicted molar refractivity (Wildman–Crippen MR) is 80.2 cm³/mol. The van der Waals surface area contributed by atoms with Crippen molar-refractivity contribution in [2.45, 2.75) is 31.2 Å². The summed E-state index contributed by atoms with van der Waals surface area (Å²) in [4.78, 5) is 12.5. The van der Waals surface area contributed by atoms with Crippen LogP contribution in [0.2, 0.25) is 0 Å². The van der Waals surface area contributed by atoms with Crippen molar-refractivity contribution in [3.8, 4) is 0 Å². The summed E-state index contributed by atoms with van der Waals surface area (Å²) in [7, 11) is 0. The highest BCUT2D eigenvalue weighted by Crippen LogP contribution is 2.39. The lowest BCUT2D eigenvalue weighted by Gasteiger charge is -2.27. The van der Waals surface area contributed by atoms with Gasteiger partial charge in [0.2, 0.25) is 0 Å². The molecule has 0 atom stereocenters. The van der Waals surface area contributed by atoms with Gasteiger partial charge in [-0.2, -0.15) is 24.9 Å². The van der Waals surface area contributed by atoms with E-state index in [1.165, 1.54) is 12.1 Å². The zero-order valence-corrected chi connectivity index (χ0v) is 12.9. The minimum absolute atomic E-state index is 0.0515. The van der Waals surface area contributed by atoms with Crippen LogP contribution in [0.3, 0.4) is 0 Å². The fourth-order valence-electron chi connectivity index (χ4n) is 2.39. The van der Waals surface area contributed by atoms with Crippen LogP contribution in [0.25, 0.3) is 0 Å². The summed E-state index contributed by atoms with van der Waals surface area (Å²) in [5.41, 5.74) is -0.501. The summed E-state index contributed by atoms with van der Waals surface area (Å²) < 4.78 is 39.8. The number of carbonyl (C=O) groups excluding carboxylic acids is 1. The van der Waals surface area contributed by atoms with E-state index in [1.54, 1.807) is 16.7 Å². The summed E-state index contributed by atoms with van der Waals surface area (Å²) in [6.45, 7) is 5.39. The normalized spacial score (nSPS) is 19.2. The molecular weight excluding hydrogens is 299 g/mol. The molecule has 1 aromatic carbocycles. The first kappa shape index (κ1) is 16.2. The fraction of sp³-hybridized carbons (Fsp3) is 0.533. The van der Waals surface area contributed by atoms with Crippen molar-refractivity contribution in [2.24, 2.45) is 0 Å². The van der Waals surface area contributed by atoms with Crippen molar-refractivity contribution in [3.63, 3.8) is 0 Å². The van der Waals surface area contributed by atoms with Crippen LogP contribution in [0, 0.1) is 0 Å². The Hall–Kier alpha value is -1.17. The van der Waals surface area contributed by atoms with Crippen LogP contribution in [0.5, 0.6) is 0 Å². The van der Waals surface area contributed by atoms with Gasteiger partial charge in [-0.15, -0.1) is 0 Å². The second kappa shape index (κ2) is 5.91. The van der Waals surface area contributed by atoms with Crippen LogP contribution in [0.15, 0.2) is 18.2 Å². The zero-order valence-electron chi connectivity index (χ0n) is 12.0. The number of benzene rings is 1. The van der Waals surface area contributed by atoms with Gasteiger partial charge in [0.25, 0.3) is 0 Å². The van der Waals surface area contributed by atoms with E-state index in [-0.39, 0.29) is 16.0 Å². The van der Waals surface area contributed by atoms with Crippen molar-refractivity contribution in [1.82, 2.24) is 0 Å². The third-order valence-electron chi connectivity index (χ3n) is 3.64. The Balaban J connectivity index is 2.36. The maximum Gasteiger partial charge on any atom is 0.418 e. The average Bonchev–Trinajstić information content (AvgIpc) is 2.58. The number of aldehydes is 1. The molecule has 6 heteroatoms. The second-order valence-electron chi connectivity index (χ2n) is 5.74. The first-order valence-corrected chi connectivity index (χ1v) is 7.77. The molecule has 0 bridgehead atoms. The van der Waals surface area contributed by atoms with Crippen LogP contribution in [-0.2, 0) is 6.18 Å². The molecule has 21 heavy (non-hydrogen) atoms. The molecule has 0 saturated carbocycles. The number of thioether (sulfide) groups is 1. The largest absolute Gasteiger partial charge is 0.418 e. The molecule has 0 radical (unpaired) electrons. The molecule has 0 aromatic heterocycles. The van der Waals surface area contributed by atoms with Gasteiger partial charge in [0, 0.05) is 34.8 Å². The van der Waals surface area contributed by atoms with Gasteiger partial charge in [-0.05, 0) is 24.6 Å². The van der Waals surface area contributed by atoms with Gasteiger partial charge in [-0.25, -0.2) is 0 Å². The number of halogens is 3. The van der Waals surface area contributed by atoms with Crippen molar-refractivity contribution in [1.29, 1.82) is 0 Å². The number of hydrogen-bond acceptors (Lipinski definition) is 3. The first-order chi connectivity index (χ1) is 9.73. The maximum atomic E-state index is 13.2. The smallest absolute Gasteiger partial charge is 0.370 e. The van der Waals surface area contributed by atoms with E-state index < -0.39 is 11.7 Å². The molecule has 1 aliphatic heterocycles. The summed E-state index contributed by atoms with van der Waals surface area (Å²) in [6.07, 6.45) is -3.19. The molecule has 1 heterocycles. The molecule has 1 aliphatic rings. The Morgan fingerprint density at radius 3 is 2.62 bits per heavy atom. The standard InChI is InChI=1S/C15H18F3NOS/c1-14(2)5-6-19(7-8-21-14)13-4-3-11(10-20)9-12(13)15(16,17)18/h3-4,9-10H,5-8H2,1-2H3. The quantitative estimate of drug-likeness (QED) is 0.761. The lowest BCUT2D eigenvalue weighted by molar-refractivity contribution is -0.137. The van der Waals surface area contributed by atoms with Gasteiger partial charge >= 0.3 is 6.18 Å². The Bertz CT molecular complexity index is 528. The first-order valence-electron chi connectivity index (χ1n) is 6.78. The van der Waals surface area contributed by atoms with Gasteiger partial charge in [-0.3, -0.25) is 4.79 Å². The predicted octanol–water partition coefficient (Wildman–Crippen LogP) is 4.24. The maximum absolute atomic E-state index is 13.2. The SMILES string of the molecule is CC1(C)CCN(c2ccc(C=O)cc2C(F)(F)F)CCS1. The van der Waals surface area contributed by atoms with E-state index in [0.717, 1.165) is 18.2 Å². The lowest BCUT2D eigenvalue weighted by atomic mass is 10.1. The zero-order chi connectivity index (χ0) is 15.7. The molecule has 2 rings (SSSR count). The molecule has 0 amide bonds. The molecule has 1 fully saturated rings. The summed E-state index contributed by atoms with van der Waals surface area (Å²) >= 11 is 1.78. The Kier molecular flexibility index (Phi) is 4.56. The van der Waals surface area contributed by atoms with E-state index in [2.05, 4.69) is 13.8 Å². The lowest BCUT2D eigenvalue weighted by Crippen LogP contribution is -2.29. The average molecular weight is 317 g/mol. The van der Waals surface area contributed by atoms with Gasteiger partial charge in [-0.1, -0.05) is 13.8 Å². The number of carbonyl (C=O) groups is 1. The molecular formula is C15H18F3NOS. The van der Waals surface area contributed by atoms with E-state index in [4.69, 9.17) is 0 Å². The third-order valence-corrected chi connectivity index (χ3v) is 5.01. The molecule has 1 aromatic rings. The Labute approximate surface area is 126 Å². The third kappa shape index (κ3) is 3.93. The number of nitrogens with zero attached hydrogens (tertiary/aromatic N) is 1. The fourth-order valence-corrected chi connectivity index (χ4v) is 3.49. The van der Waals surface area contributed by atoms with Crippen LogP contribution in [-0.4, -0.2) is 29.9 Å². The van der Waals surface area contributed by atoms with E-state index >= 15 is 0 Å². The van der Waals surface area contributed by atoms with Gasteiger partial charge in [0.05, 0.1) is 5.56 Å². The topological polar surface area (TPSA) is 20.3 Å². The molecule has 2 nitrogen and oxygen atoms in total. The second-order valence-corrected chi connectivity index (χ2v) is 7.54. The highest BCUT2D eigenvalue weighted by Gasteiger charge is 2.36. The van der Waals surface area contributed by atoms with Crippen molar-refractivity contribution in [3.05, 3.63) is 29.3 Å². The van der Waals surface area contributed by atoms with Crippen molar-refractivity contribution >= 4 is 23.7 Å². The van der Waals surface area contributed by atoms with Crippen molar-refractivity contribution < 1.29 is 18.0 Å². The van der Waals surface area contributed by atoms with Crippen molar-refractivity contribution in [2.75, 3.05) is 23.7 Å².